The van der Waals surface area contributed by atoms with Crippen molar-refractivity contribution in [2.75, 3.05) is 23.7 Å². The molecule has 6 heteroatoms. The highest BCUT2D eigenvalue weighted by Gasteiger charge is 2.06. The zero-order chi connectivity index (χ0) is 14.5. The maximum atomic E-state index is 4.57. The minimum absolute atomic E-state index is 0.788. The summed E-state index contributed by atoms with van der Waals surface area (Å²) in [7, 11) is 0. The number of anilines is 2. The van der Waals surface area contributed by atoms with Gasteiger partial charge in [0.05, 0.1) is 6.20 Å². The monoisotopic (exact) mass is 282 g/mol. The van der Waals surface area contributed by atoms with E-state index in [9.17, 15) is 0 Å². The van der Waals surface area contributed by atoms with Gasteiger partial charge in [-0.2, -0.15) is 0 Å². The van der Waals surface area contributed by atoms with Gasteiger partial charge < -0.3 is 15.0 Å². The summed E-state index contributed by atoms with van der Waals surface area (Å²) in [6, 6.07) is 4.02. The summed E-state index contributed by atoms with van der Waals surface area (Å²) in [5.41, 5.74) is 2.04. The van der Waals surface area contributed by atoms with Gasteiger partial charge in [0.15, 0.2) is 11.5 Å². The van der Waals surface area contributed by atoms with Gasteiger partial charge in [-0.3, -0.25) is 4.98 Å². The zero-order valence-electron chi connectivity index (χ0n) is 12.0. The number of imidazole rings is 1. The van der Waals surface area contributed by atoms with Crippen LogP contribution in [0.5, 0.6) is 0 Å². The molecule has 3 heterocycles. The molecule has 0 unspecified atom stereocenters. The largest absolute Gasteiger partial charge is 0.369 e. The fourth-order valence-corrected chi connectivity index (χ4v) is 2.19. The van der Waals surface area contributed by atoms with Crippen molar-refractivity contribution in [1.82, 2.24) is 19.4 Å². The second-order valence-corrected chi connectivity index (χ2v) is 4.70. The molecular weight excluding hydrogens is 264 g/mol. The Morgan fingerprint density at radius 2 is 2.19 bits per heavy atom. The first kappa shape index (κ1) is 13.4. The van der Waals surface area contributed by atoms with E-state index >= 15 is 0 Å². The van der Waals surface area contributed by atoms with Gasteiger partial charge in [-0.05, 0) is 25.0 Å². The second-order valence-electron chi connectivity index (χ2n) is 4.70. The molecule has 0 saturated carbocycles. The lowest BCUT2D eigenvalue weighted by molar-refractivity contribution is 0.985. The maximum Gasteiger partial charge on any atom is 0.180 e. The minimum atomic E-state index is 0.788. The predicted molar refractivity (Wildman–Crippen MR) is 83.6 cm³/mol. The maximum absolute atomic E-state index is 4.57. The van der Waals surface area contributed by atoms with Crippen LogP contribution in [0, 0.1) is 0 Å². The highest BCUT2D eigenvalue weighted by atomic mass is 15.1. The molecule has 0 saturated heterocycles. The average molecular weight is 282 g/mol. The number of nitrogens with zero attached hydrogens (tertiary/aromatic N) is 4. The fourth-order valence-electron chi connectivity index (χ4n) is 2.19. The summed E-state index contributed by atoms with van der Waals surface area (Å²) in [5, 5.41) is 6.59. The third-order valence-corrected chi connectivity index (χ3v) is 3.16. The molecule has 6 nitrogen and oxygen atoms in total. The number of hydrogen-bond acceptors (Lipinski definition) is 5. The van der Waals surface area contributed by atoms with Crippen molar-refractivity contribution in [2.24, 2.45) is 0 Å². The predicted octanol–water partition coefficient (Wildman–Crippen LogP) is 2.21. The van der Waals surface area contributed by atoms with E-state index < -0.39 is 0 Å². The van der Waals surface area contributed by atoms with Gasteiger partial charge in [-0.25, -0.2) is 9.97 Å². The van der Waals surface area contributed by atoms with Crippen LogP contribution in [-0.2, 0) is 6.42 Å². The quantitative estimate of drug-likeness (QED) is 0.725. The van der Waals surface area contributed by atoms with Crippen molar-refractivity contribution in [1.29, 1.82) is 0 Å². The zero-order valence-corrected chi connectivity index (χ0v) is 12.0. The molecule has 0 aliphatic rings. The highest BCUT2D eigenvalue weighted by molar-refractivity contribution is 5.65. The van der Waals surface area contributed by atoms with Crippen LogP contribution in [0.2, 0.25) is 0 Å². The number of hydrogen-bond donors (Lipinski definition) is 2. The van der Waals surface area contributed by atoms with E-state index in [1.54, 1.807) is 12.4 Å². The van der Waals surface area contributed by atoms with E-state index in [-0.39, 0.29) is 0 Å². The molecule has 0 bridgehead atoms. The van der Waals surface area contributed by atoms with Crippen LogP contribution in [0.25, 0.3) is 5.65 Å². The van der Waals surface area contributed by atoms with Crippen molar-refractivity contribution in [3.05, 3.63) is 48.7 Å². The van der Waals surface area contributed by atoms with Crippen LogP contribution < -0.4 is 10.6 Å². The van der Waals surface area contributed by atoms with Gasteiger partial charge in [0.25, 0.3) is 0 Å². The van der Waals surface area contributed by atoms with Crippen molar-refractivity contribution in [3.63, 3.8) is 0 Å². The topological polar surface area (TPSA) is 67.1 Å². The Morgan fingerprint density at radius 3 is 3.00 bits per heavy atom. The molecule has 0 atom stereocenters. The Bertz CT molecular complexity index is 707. The standard InChI is InChI=1S/C15H18N6/c1-2-17-13-11-21-9-8-19-15(21)14(20-13)18-7-5-12-4-3-6-16-10-12/h3-4,6,8-11,17H,2,5,7H2,1H3,(H,18,20). The molecule has 0 radical (unpaired) electrons. The molecule has 21 heavy (non-hydrogen) atoms. The molecule has 0 fully saturated rings. The molecule has 0 aromatic carbocycles. The van der Waals surface area contributed by atoms with Crippen LogP contribution in [-0.4, -0.2) is 32.4 Å². The lowest BCUT2D eigenvalue weighted by atomic mass is 10.2. The Hall–Kier alpha value is -2.63. The van der Waals surface area contributed by atoms with Gasteiger partial charge in [-0.15, -0.1) is 0 Å². The summed E-state index contributed by atoms with van der Waals surface area (Å²) in [5.74, 6) is 1.63. The summed E-state index contributed by atoms with van der Waals surface area (Å²) in [6.45, 7) is 3.68. The van der Waals surface area contributed by atoms with Gasteiger partial charge >= 0.3 is 0 Å². The second kappa shape index (κ2) is 6.21. The van der Waals surface area contributed by atoms with Gasteiger partial charge in [0.2, 0.25) is 0 Å². The molecule has 0 amide bonds. The van der Waals surface area contributed by atoms with E-state index in [2.05, 4.69) is 38.6 Å². The van der Waals surface area contributed by atoms with E-state index in [0.717, 1.165) is 36.8 Å². The van der Waals surface area contributed by atoms with Crippen LogP contribution in [0.4, 0.5) is 11.6 Å². The van der Waals surface area contributed by atoms with E-state index in [4.69, 9.17) is 0 Å². The third kappa shape index (κ3) is 3.10. The van der Waals surface area contributed by atoms with E-state index in [0.29, 0.717) is 0 Å². The lowest BCUT2D eigenvalue weighted by Crippen LogP contribution is -2.10. The normalized spacial score (nSPS) is 10.7. The first-order chi connectivity index (χ1) is 10.4. The molecule has 0 aliphatic heterocycles. The van der Waals surface area contributed by atoms with Crippen molar-refractivity contribution in [3.8, 4) is 0 Å². The van der Waals surface area contributed by atoms with Crippen LogP contribution >= 0.6 is 0 Å². The summed E-state index contributed by atoms with van der Waals surface area (Å²) in [4.78, 5) is 13.0. The molecule has 108 valence electrons. The summed E-state index contributed by atoms with van der Waals surface area (Å²) >= 11 is 0. The Kier molecular flexibility index (Phi) is 3.95. The SMILES string of the molecule is CCNc1cn2ccnc2c(NCCc2cccnc2)n1. The minimum Gasteiger partial charge on any atom is -0.369 e. The third-order valence-electron chi connectivity index (χ3n) is 3.16. The number of nitrogens with one attached hydrogen (secondary N) is 2. The molecule has 3 aromatic rings. The molecular formula is C15H18N6. The first-order valence-corrected chi connectivity index (χ1v) is 7.07. The van der Waals surface area contributed by atoms with Gasteiger partial charge in [0.1, 0.15) is 5.82 Å². The molecule has 0 spiro atoms. The Labute approximate surface area is 123 Å². The van der Waals surface area contributed by atoms with Crippen LogP contribution in [0.1, 0.15) is 12.5 Å². The Morgan fingerprint density at radius 1 is 1.24 bits per heavy atom. The first-order valence-electron chi connectivity index (χ1n) is 7.07. The van der Waals surface area contributed by atoms with Crippen molar-refractivity contribution < 1.29 is 0 Å². The molecule has 2 N–H and O–H groups in total. The van der Waals surface area contributed by atoms with Crippen LogP contribution in [0.15, 0.2) is 43.1 Å². The number of aromatic nitrogens is 4. The van der Waals surface area contributed by atoms with Crippen molar-refractivity contribution >= 4 is 17.3 Å². The highest BCUT2D eigenvalue weighted by Crippen LogP contribution is 2.16. The average Bonchev–Trinajstić information content (AvgIpc) is 2.97. The fraction of sp³-hybridized carbons (Fsp3) is 0.267. The van der Waals surface area contributed by atoms with Gasteiger partial charge in [-0.1, -0.05) is 6.07 Å². The molecule has 3 aromatic heterocycles. The number of pyridine rings is 1. The Balaban J connectivity index is 1.74. The lowest BCUT2D eigenvalue weighted by Gasteiger charge is -2.10. The summed E-state index contributed by atoms with van der Waals surface area (Å²) in [6.07, 6.45) is 10.2. The smallest absolute Gasteiger partial charge is 0.180 e. The van der Waals surface area contributed by atoms with Gasteiger partial charge in [0, 0.05) is 37.9 Å². The van der Waals surface area contributed by atoms with E-state index in [1.165, 1.54) is 5.56 Å². The van der Waals surface area contributed by atoms with E-state index in [1.807, 2.05) is 29.1 Å². The number of rotatable bonds is 6. The summed E-state index contributed by atoms with van der Waals surface area (Å²) < 4.78 is 1.97. The number of fused-ring (bicyclic) bond motifs is 1. The van der Waals surface area contributed by atoms with Crippen molar-refractivity contribution in [2.45, 2.75) is 13.3 Å². The molecule has 0 aliphatic carbocycles. The van der Waals surface area contributed by atoms with Crippen LogP contribution in [0.3, 0.4) is 0 Å². The molecule has 3 rings (SSSR count).